The van der Waals surface area contributed by atoms with E-state index in [0.717, 1.165) is 66.6 Å². The molecule has 44 heavy (non-hydrogen) atoms. The van der Waals surface area contributed by atoms with Gasteiger partial charge in [-0.3, -0.25) is 14.6 Å². The zero-order chi connectivity index (χ0) is 32.7. The number of carboxylic acid groups (broad SMARTS) is 2. The van der Waals surface area contributed by atoms with Crippen molar-refractivity contribution in [2.45, 2.75) is 67.2 Å². The first kappa shape index (κ1) is 33.5. The van der Waals surface area contributed by atoms with Gasteiger partial charge in [0, 0.05) is 52.3 Å². The molecule has 0 saturated heterocycles. The van der Waals surface area contributed by atoms with Gasteiger partial charge < -0.3 is 20.2 Å². The van der Waals surface area contributed by atoms with Gasteiger partial charge in [0.15, 0.2) is 0 Å². The first-order valence-corrected chi connectivity index (χ1v) is 14.7. The van der Waals surface area contributed by atoms with E-state index in [9.17, 15) is 19.8 Å². The van der Waals surface area contributed by atoms with Crippen molar-refractivity contribution in [2.75, 3.05) is 0 Å². The molecule has 0 atom stereocenters. The number of allylic oxidation sites excluding steroid dienone is 5. The van der Waals surface area contributed by atoms with Gasteiger partial charge in [0.1, 0.15) is 0 Å². The molecule has 0 radical (unpaired) electrons. The minimum Gasteiger partial charge on any atom is -0.481 e. The lowest BCUT2D eigenvalue weighted by Gasteiger charge is -2.07. The largest absolute Gasteiger partial charge is 0.481 e. The van der Waals surface area contributed by atoms with E-state index in [2.05, 4.69) is 34.7 Å². The minimum absolute atomic E-state index is 0.00414. The van der Waals surface area contributed by atoms with Crippen molar-refractivity contribution in [1.82, 2.24) is 9.97 Å². The Kier molecular flexibility index (Phi) is 11.0. The number of aromatic amines is 2. The number of nitrogens with one attached hydrogen (secondary N) is 2. The average molecular weight is 595 g/mol. The molecule has 2 aromatic heterocycles. The van der Waals surface area contributed by atoms with E-state index in [-0.39, 0.29) is 12.8 Å². The molecule has 4 rings (SSSR count). The van der Waals surface area contributed by atoms with Crippen LogP contribution in [0.25, 0.3) is 30.9 Å². The predicted octanol–water partition coefficient (Wildman–Crippen LogP) is 6.64. The molecular formula is C36H42N4O4. The van der Waals surface area contributed by atoms with Crippen LogP contribution in [0.2, 0.25) is 0 Å². The van der Waals surface area contributed by atoms with Crippen LogP contribution in [0.15, 0.2) is 62.9 Å². The molecule has 0 amide bonds. The molecule has 0 unspecified atom stereocenters. The van der Waals surface area contributed by atoms with E-state index < -0.39 is 11.9 Å². The summed E-state index contributed by atoms with van der Waals surface area (Å²) in [4.78, 5) is 38.9. The normalized spacial score (nSPS) is 16.6. The number of rotatable bonds is 11. The lowest BCUT2D eigenvalue weighted by Crippen LogP contribution is -2.10. The van der Waals surface area contributed by atoms with Crippen LogP contribution >= 0.6 is 0 Å². The van der Waals surface area contributed by atoms with E-state index in [4.69, 9.17) is 4.99 Å². The predicted molar refractivity (Wildman–Crippen MR) is 182 cm³/mol. The Hall–Kier alpha value is -4.98. The third kappa shape index (κ3) is 7.14. The molecule has 0 aliphatic carbocycles. The summed E-state index contributed by atoms with van der Waals surface area (Å²) >= 11 is 0. The highest BCUT2D eigenvalue weighted by Gasteiger charge is 2.23. The Morgan fingerprint density at radius 2 is 1.43 bits per heavy atom. The summed E-state index contributed by atoms with van der Waals surface area (Å²) < 4.78 is 0. The summed E-state index contributed by atoms with van der Waals surface area (Å²) in [5.41, 5.74) is 11.2. The summed E-state index contributed by atoms with van der Waals surface area (Å²) in [7, 11) is 0. The molecule has 0 saturated carbocycles. The van der Waals surface area contributed by atoms with Crippen molar-refractivity contribution in [3.05, 3.63) is 97.3 Å². The molecule has 0 fully saturated rings. The van der Waals surface area contributed by atoms with Crippen LogP contribution in [-0.4, -0.2) is 44.0 Å². The third-order valence-corrected chi connectivity index (χ3v) is 7.78. The molecule has 4 heterocycles. The van der Waals surface area contributed by atoms with Crippen molar-refractivity contribution in [3.8, 4) is 0 Å². The van der Waals surface area contributed by atoms with E-state index in [1.54, 1.807) is 12.3 Å². The Labute approximate surface area is 258 Å². The fourth-order valence-electron chi connectivity index (χ4n) is 5.34. The molecule has 2 aliphatic heterocycles. The molecular weight excluding hydrogens is 552 g/mol. The molecule has 8 nitrogen and oxygen atoms in total. The van der Waals surface area contributed by atoms with Gasteiger partial charge in [-0.25, -0.2) is 4.99 Å². The lowest BCUT2D eigenvalue weighted by atomic mass is 9.97. The second-order valence-electron chi connectivity index (χ2n) is 10.5. The zero-order valence-corrected chi connectivity index (χ0v) is 26.5. The lowest BCUT2D eigenvalue weighted by molar-refractivity contribution is -0.137. The highest BCUT2D eigenvalue weighted by Crippen LogP contribution is 2.34. The number of carbonyl (C=O) groups is 2. The molecule has 8 heteroatoms. The number of hydrogen-bond acceptors (Lipinski definition) is 4. The molecule has 230 valence electrons. The van der Waals surface area contributed by atoms with Gasteiger partial charge in [0.25, 0.3) is 0 Å². The molecule has 0 spiro atoms. The zero-order valence-electron chi connectivity index (χ0n) is 26.5. The standard InChI is InChI=1S/C34H36N4O4.C2H6/c1-8-23-19(4)27(36-22(23)7)15-31-24(9-2)20(5)28(37-31)14-29-21(6)26(11-13-34(41)42)32(38-29)16-30-25(10-12-33(39)40)18(3)17-35-30;1-2/h8-9,14-17,36-37H,1-2,7,10-13H2,3-6H3,(H,39,40)(H,41,42);1-2H3/b27-15-,29-14-,30-16-;. The van der Waals surface area contributed by atoms with Crippen LogP contribution in [0.3, 0.4) is 0 Å². The maximum absolute atomic E-state index is 11.5. The first-order chi connectivity index (χ1) is 20.9. The summed E-state index contributed by atoms with van der Waals surface area (Å²) in [6, 6.07) is 0. The van der Waals surface area contributed by atoms with E-state index >= 15 is 0 Å². The van der Waals surface area contributed by atoms with Crippen molar-refractivity contribution < 1.29 is 19.8 Å². The maximum Gasteiger partial charge on any atom is 0.303 e. The van der Waals surface area contributed by atoms with Gasteiger partial charge in [-0.05, 0) is 92.2 Å². The van der Waals surface area contributed by atoms with E-state index in [0.29, 0.717) is 29.9 Å². The number of nitrogens with zero attached hydrogens (tertiary/aromatic N) is 2. The Morgan fingerprint density at radius 3 is 2.00 bits per heavy atom. The molecule has 0 bridgehead atoms. The second kappa shape index (κ2) is 14.5. The molecule has 2 aliphatic rings. The van der Waals surface area contributed by atoms with Gasteiger partial charge in [-0.1, -0.05) is 45.7 Å². The monoisotopic (exact) mass is 594 g/mol. The number of aliphatic imine (C=N–C) groups is 2. The van der Waals surface area contributed by atoms with Crippen molar-refractivity contribution in [3.63, 3.8) is 0 Å². The summed E-state index contributed by atoms with van der Waals surface area (Å²) in [5.74, 6) is -1.77. The fraction of sp³-hybridized carbons (Fsp3) is 0.278. The summed E-state index contributed by atoms with van der Waals surface area (Å²) in [5, 5.41) is 20.3. The van der Waals surface area contributed by atoms with Gasteiger partial charge in [0.2, 0.25) is 0 Å². The number of aromatic nitrogens is 2. The summed E-state index contributed by atoms with van der Waals surface area (Å²) in [6.07, 6.45) is 11.8. The van der Waals surface area contributed by atoms with Crippen LogP contribution in [0, 0.1) is 13.8 Å². The smallest absolute Gasteiger partial charge is 0.303 e. The first-order valence-electron chi connectivity index (χ1n) is 14.7. The highest BCUT2D eigenvalue weighted by molar-refractivity contribution is 6.13. The van der Waals surface area contributed by atoms with Crippen molar-refractivity contribution in [2.24, 2.45) is 9.98 Å². The average Bonchev–Trinajstić information content (AvgIpc) is 3.66. The Bertz CT molecular complexity index is 1820. The van der Waals surface area contributed by atoms with Crippen LogP contribution < -0.4 is 10.7 Å². The van der Waals surface area contributed by atoms with Gasteiger partial charge in [0.05, 0.1) is 17.1 Å². The Morgan fingerprint density at radius 1 is 0.818 bits per heavy atom. The van der Waals surface area contributed by atoms with Crippen molar-refractivity contribution in [1.29, 1.82) is 0 Å². The summed E-state index contributed by atoms with van der Waals surface area (Å²) in [6.45, 7) is 23.9. The molecule has 4 N–H and O–H groups in total. The van der Waals surface area contributed by atoms with Gasteiger partial charge in [-0.15, -0.1) is 0 Å². The fourth-order valence-corrected chi connectivity index (χ4v) is 5.34. The second-order valence-corrected chi connectivity index (χ2v) is 10.5. The number of aliphatic carboxylic acids is 2. The molecule has 0 aromatic carbocycles. The minimum atomic E-state index is -0.891. The van der Waals surface area contributed by atoms with Crippen LogP contribution in [0.5, 0.6) is 0 Å². The molecule has 2 aromatic rings. The third-order valence-electron chi connectivity index (χ3n) is 7.78. The highest BCUT2D eigenvalue weighted by atomic mass is 16.4. The van der Waals surface area contributed by atoms with E-state index in [1.165, 1.54) is 0 Å². The number of H-pyrrole nitrogens is 2. The van der Waals surface area contributed by atoms with Crippen molar-refractivity contribution >= 4 is 54.7 Å². The van der Waals surface area contributed by atoms with Crippen LogP contribution in [0.4, 0.5) is 0 Å². The van der Waals surface area contributed by atoms with Gasteiger partial charge >= 0.3 is 11.9 Å². The number of hydrogen-bond donors (Lipinski definition) is 4. The maximum atomic E-state index is 11.5. The number of carboxylic acids is 2. The van der Waals surface area contributed by atoms with Crippen LogP contribution in [-0.2, 0) is 9.59 Å². The van der Waals surface area contributed by atoms with E-state index in [1.807, 2.05) is 65.8 Å². The Balaban J connectivity index is 0.00000259. The van der Waals surface area contributed by atoms with Gasteiger partial charge in [-0.2, -0.15) is 0 Å². The van der Waals surface area contributed by atoms with Crippen LogP contribution in [0.1, 0.15) is 87.0 Å². The SMILES string of the molecule is C=Cc1c(/C=c2\[nH]c(=C)c(C=C)c2C)[nH]c(/C=C2N=C(/C=C3\N=CC(C)=C3CCC(=O)O)C(CCC(=O)O)=C\2C)c1C.CC. The topological polar surface area (TPSA) is 131 Å². The quantitative estimate of drug-likeness (QED) is 0.232.